The lowest BCUT2D eigenvalue weighted by Gasteiger charge is -2.04. The number of nitro groups is 1. The first-order chi connectivity index (χ1) is 9.10. The number of rotatable bonds is 4. The second kappa shape index (κ2) is 5.14. The Morgan fingerprint density at radius 2 is 2.32 bits per heavy atom. The second-order valence-electron chi connectivity index (χ2n) is 3.68. The minimum Gasteiger partial charge on any atom is -0.444 e. The molecule has 2 aromatic heterocycles. The number of hydrogen-bond acceptors (Lipinski definition) is 7. The zero-order valence-electron chi connectivity index (χ0n) is 9.95. The summed E-state index contributed by atoms with van der Waals surface area (Å²) in [5.74, 6) is 1.37. The normalized spacial score (nSPS) is 9.89. The minimum atomic E-state index is -0.602. The molecule has 0 atom stereocenters. The first kappa shape index (κ1) is 12.5. The molecule has 0 aliphatic heterocycles. The van der Waals surface area contributed by atoms with E-state index in [4.69, 9.17) is 9.68 Å². The molecule has 0 saturated carbocycles. The molecule has 8 nitrogen and oxygen atoms in total. The summed E-state index contributed by atoms with van der Waals surface area (Å²) in [6.45, 7) is 2.01. The maximum Gasteiger partial charge on any atom is 0.289 e. The molecular formula is C11H9N5O3. The Balaban J connectivity index is 2.16. The molecule has 8 heteroatoms. The highest BCUT2D eigenvalue weighted by Gasteiger charge is 2.12. The molecule has 2 rings (SSSR count). The van der Waals surface area contributed by atoms with Gasteiger partial charge in [0.05, 0.1) is 17.7 Å². The van der Waals surface area contributed by atoms with E-state index in [1.165, 1.54) is 0 Å². The van der Waals surface area contributed by atoms with Gasteiger partial charge in [0, 0.05) is 6.07 Å². The molecule has 0 aromatic carbocycles. The molecule has 1 N–H and O–H groups in total. The van der Waals surface area contributed by atoms with E-state index >= 15 is 0 Å². The molecule has 0 aliphatic rings. The molecule has 2 aromatic rings. The van der Waals surface area contributed by atoms with E-state index in [1.54, 1.807) is 13.1 Å². The number of pyridine rings is 1. The van der Waals surface area contributed by atoms with Gasteiger partial charge in [0.25, 0.3) is 5.69 Å². The van der Waals surface area contributed by atoms with Crippen LogP contribution in [0.25, 0.3) is 0 Å². The molecule has 0 radical (unpaired) electrons. The van der Waals surface area contributed by atoms with Crippen LogP contribution in [-0.2, 0) is 6.54 Å². The van der Waals surface area contributed by atoms with Crippen LogP contribution in [0.1, 0.15) is 17.2 Å². The fourth-order valence-corrected chi connectivity index (χ4v) is 1.42. The van der Waals surface area contributed by atoms with Crippen LogP contribution < -0.4 is 5.32 Å². The standard InChI is InChI=1S/C11H9N5O3/c1-7-4-13-10(19-7)6-15-11-8(3-12)2-9(5-14-11)16(17)18/h2,4-5H,6H2,1H3,(H,14,15). The van der Waals surface area contributed by atoms with Gasteiger partial charge in [-0.05, 0) is 6.92 Å². The van der Waals surface area contributed by atoms with Crippen molar-refractivity contribution in [3.63, 3.8) is 0 Å². The highest BCUT2D eigenvalue weighted by Crippen LogP contribution is 2.18. The third kappa shape index (κ3) is 2.84. The Labute approximate surface area is 107 Å². The molecule has 0 spiro atoms. The first-order valence-corrected chi connectivity index (χ1v) is 5.30. The summed E-state index contributed by atoms with van der Waals surface area (Å²) in [6.07, 6.45) is 2.66. The highest BCUT2D eigenvalue weighted by molar-refractivity contribution is 5.55. The number of nitrogens with one attached hydrogen (secondary N) is 1. The molecule has 96 valence electrons. The summed E-state index contributed by atoms with van der Waals surface area (Å²) in [7, 11) is 0. The first-order valence-electron chi connectivity index (χ1n) is 5.30. The largest absolute Gasteiger partial charge is 0.444 e. The molecular weight excluding hydrogens is 250 g/mol. The van der Waals surface area contributed by atoms with E-state index in [-0.39, 0.29) is 23.6 Å². The maximum atomic E-state index is 10.6. The lowest BCUT2D eigenvalue weighted by molar-refractivity contribution is -0.385. The minimum absolute atomic E-state index is 0.0949. The van der Waals surface area contributed by atoms with Crippen molar-refractivity contribution in [2.24, 2.45) is 0 Å². The summed E-state index contributed by atoms with van der Waals surface area (Å²) < 4.78 is 5.25. The lowest BCUT2D eigenvalue weighted by Crippen LogP contribution is -2.04. The van der Waals surface area contributed by atoms with Gasteiger partial charge < -0.3 is 9.73 Å². The molecule has 0 saturated heterocycles. The third-order valence-electron chi connectivity index (χ3n) is 2.28. The second-order valence-corrected chi connectivity index (χ2v) is 3.68. The number of nitrogens with zero attached hydrogens (tertiary/aromatic N) is 4. The molecule has 19 heavy (non-hydrogen) atoms. The van der Waals surface area contributed by atoms with Gasteiger partial charge in [0.2, 0.25) is 5.89 Å². The van der Waals surface area contributed by atoms with Crippen molar-refractivity contribution in [1.82, 2.24) is 9.97 Å². The van der Waals surface area contributed by atoms with E-state index in [1.807, 2.05) is 6.07 Å². The van der Waals surface area contributed by atoms with Gasteiger partial charge >= 0.3 is 0 Å². The Kier molecular flexibility index (Phi) is 3.38. The smallest absolute Gasteiger partial charge is 0.289 e. The Bertz CT molecular complexity index is 659. The molecule has 0 fully saturated rings. The molecule has 0 amide bonds. The van der Waals surface area contributed by atoms with Gasteiger partial charge in [0.15, 0.2) is 0 Å². The molecule has 0 bridgehead atoms. The topological polar surface area (TPSA) is 118 Å². The van der Waals surface area contributed by atoms with Crippen molar-refractivity contribution in [1.29, 1.82) is 5.26 Å². The van der Waals surface area contributed by atoms with Crippen LogP contribution in [0, 0.1) is 28.4 Å². The van der Waals surface area contributed by atoms with Crippen molar-refractivity contribution in [3.8, 4) is 6.07 Å². The summed E-state index contributed by atoms with van der Waals surface area (Å²) in [5, 5.41) is 22.4. The molecule has 2 heterocycles. The summed E-state index contributed by atoms with van der Waals surface area (Å²) in [5.41, 5.74) is -0.133. The predicted molar refractivity (Wildman–Crippen MR) is 64.2 cm³/mol. The number of nitriles is 1. The fraction of sp³-hybridized carbons (Fsp3) is 0.182. The van der Waals surface area contributed by atoms with E-state index < -0.39 is 4.92 Å². The van der Waals surface area contributed by atoms with Crippen LogP contribution in [0.15, 0.2) is 22.9 Å². The summed E-state index contributed by atoms with van der Waals surface area (Å²) in [6, 6.07) is 3.01. The maximum absolute atomic E-state index is 10.6. The van der Waals surface area contributed by atoms with Crippen LogP contribution >= 0.6 is 0 Å². The van der Waals surface area contributed by atoms with E-state index in [0.29, 0.717) is 11.7 Å². The van der Waals surface area contributed by atoms with Gasteiger partial charge in [-0.1, -0.05) is 0 Å². The van der Waals surface area contributed by atoms with Crippen molar-refractivity contribution >= 4 is 11.5 Å². The average molecular weight is 259 g/mol. The van der Waals surface area contributed by atoms with E-state index in [2.05, 4.69) is 15.3 Å². The Morgan fingerprint density at radius 1 is 1.53 bits per heavy atom. The van der Waals surface area contributed by atoms with Gasteiger partial charge in [-0.2, -0.15) is 5.26 Å². The van der Waals surface area contributed by atoms with Crippen LogP contribution in [0.3, 0.4) is 0 Å². The number of aryl methyl sites for hydroxylation is 1. The zero-order valence-corrected chi connectivity index (χ0v) is 9.95. The van der Waals surface area contributed by atoms with Gasteiger partial charge in [-0.3, -0.25) is 10.1 Å². The van der Waals surface area contributed by atoms with E-state index in [0.717, 1.165) is 12.3 Å². The Hall–Kier alpha value is -2.95. The van der Waals surface area contributed by atoms with Crippen LogP contribution in [0.4, 0.5) is 11.5 Å². The summed E-state index contributed by atoms with van der Waals surface area (Å²) >= 11 is 0. The highest BCUT2D eigenvalue weighted by atomic mass is 16.6. The summed E-state index contributed by atoms with van der Waals surface area (Å²) in [4.78, 5) is 17.8. The monoisotopic (exact) mass is 259 g/mol. The van der Waals surface area contributed by atoms with Gasteiger partial charge in [-0.25, -0.2) is 9.97 Å². The van der Waals surface area contributed by atoms with Crippen LogP contribution in [0.5, 0.6) is 0 Å². The zero-order chi connectivity index (χ0) is 13.8. The number of aromatic nitrogens is 2. The van der Waals surface area contributed by atoms with Crippen molar-refractivity contribution < 1.29 is 9.34 Å². The van der Waals surface area contributed by atoms with Crippen molar-refractivity contribution in [2.45, 2.75) is 13.5 Å². The van der Waals surface area contributed by atoms with Crippen LogP contribution in [-0.4, -0.2) is 14.9 Å². The fourth-order valence-electron chi connectivity index (χ4n) is 1.42. The SMILES string of the molecule is Cc1cnc(CNc2ncc([N+](=O)[O-])cc2C#N)o1. The van der Waals surface area contributed by atoms with E-state index in [9.17, 15) is 10.1 Å². The molecule has 0 unspecified atom stereocenters. The number of anilines is 1. The van der Waals surface area contributed by atoms with Crippen LogP contribution in [0.2, 0.25) is 0 Å². The number of oxazole rings is 1. The average Bonchev–Trinajstić information content (AvgIpc) is 2.81. The van der Waals surface area contributed by atoms with Gasteiger partial charge in [-0.15, -0.1) is 0 Å². The third-order valence-corrected chi connectivity index (χ3v) is 2.28. The quantitative estimate of drug-likeness (QED) is 0.656. The Morgan fingerprint density at radius 3 is 2.89 bits per heavy atom. The number of hydrogen-bond donors (Lipinski definition) is 1. The molecule has 0 aliphatic carbocycles. The van der Waals surface area contributed by atoms with Gasteiger partial charge in [0.1, 0.15) is 29.4 Å². The lowest BCUT2D eigenvalue weighted by atomic mass is 10.2. The predicted octanol–water partition coefficient (Wildman–Crippen LogP) is 1.77. The van der Waals surface area contributed by atoms with Crippen molar-refractivity contribution in [3.05, 3.63) is 45.8 Å². The van der Waals surface area contributed by atoms with Crippen molar-refractivity contribution in [2.75, 3.05) is 5.32 Å².